The van der Waals surface area contributed by atoms with Gasteiger partial charge in [-0.15, -0.1) is 0 Å². The van der Waals surface area contributed by atoms with Crippen LogP contribution in [0.3, 0.4) is 0 Å². The summed E-state index contributed by atoms with van der Waals surface area (Å²) in [5, 5.41) is 23.2. The number of pyridine rings is 2. The van der Waals surface area contributed by atoms with Crippen molar-refractivity contribution >= 4 is 117 Å². The molecule has 0 atom stereocenters. The number of aromatic nitrogens is 6. The SMILES string of the molecule is BrBr.Brc1cnc2n[nH]c(I)c2c1.CC(=O)O.Ic1[nH]nc2ncccc12.[2HH].[2H][2H].[2H][2H]. The van der Waals surface area contributed by atoms with Crippen LogP contribution in [0.15, 0.2) is 35.1 Å². The molecule has 27 heavy (non-hydrogen) atoms. The van der Waals surface area contributed by atoms with Gasteiger partial charge in [0.1, 0.15) is 7.40 Å². The van der Waals surface area contributed by atoms with Gasteiger partial charge in [0.05, 0.1) is 10.8 Å². The molecule has 150 valence electrons. The Morgan fingerprint density at radius 2 is 1.67 bits per heavy atom. The number of rotatable bonds is 0. The van der Waals surface area contributed by atoms with Crippen molar-refractivity contribution in [3.63, 3.8) is 0 Å². The summed E-state index contributed by atoms with van der Waals surface area (Å²) in [6.45, 7) is 1.08. The van der Waals surface area contributed by atoms with Crippen LogP contribution >= 0.6 is 89.4 Å². The number of aliphatic carboxylic acids is 1. The van der Waals surface area contributed by atoms with Gasteiger partial charge in [0.2, 0.25) is 0 Å². The molecule has 0 aliphatic heterocycles. The fraction of sp³-hybridized carbons (Fsp3) is 0.0714. The Morgan fingerprint density at radius 1 is 1.15 bits per heavy atom. The normalized spacial score (nSPS) is 10.0. The van der Waals surface area contributed by atoms with Crippen LogP contribution in [-0.4, -0.2) is 41.4 Å². The molecule has 0 bridgehead atoms. The Bertz CT molecular complexity index is 1030. The van der Waals surface area contributed by atoms with Crippen molar-refractivity contribution in [2.75, 3.05) is 0 Å². The maximum Gasteiger partial charge on any atom is 0.300 e. The zero-order valence-corrected chi connectivity index (χ0v) is 22.5. The van der Waals surface area contributed by atoms with Crippen LogP contribution in [0.5, 0.6) is 0 Å². The van der Waals surface area contributed by atoms with Crippen LogP contribution in [0.2, 0.25) is 0 Å². The van der Waals surface area contributed by atoms with E-state index in [2.05, 4.69) is 120 Å². The van der Waals surface area contributed by atoms with E-state index in [1.807, 2.05) is 18.2 Å². The minimum absolute atomic E-state index is 0. The van der Waals surface area contributed by atoms with Gasteiger partial charge in [0.25, 0.3) is 5.97 Å². The molecule has 4 heterocycles. The molecule has 0 spiro atoms. The van der Waals surface area contributed by atoms with E-state index < -0.39 is 5.97 Å². The van der Waals surface area contributed by atoms with Gasteiger partial charge in [-0.3, -0.25) is 15.0 Å². The summed E-state index contributed by atoms with van der Waals surface area (Å²) in [6.07, 6.45) is 3.47. The molecule has 4 aromatic rings. The number of carboxylic acid groups (broad SMARTS) is 1. The maximum absolute atomic E-state index is 9.00. The molecule has 0 saturated heterocycles. The third-order valence-corrected chi connectivity index (χ3v) is 4.69. The largest absolute Gasteiger partial charge is 0.481 e. The first-order valence-corrected chi connectivity index (χ1v) is 13.5. The van der Waals surface area contributed by atoms with Crippen molar-refractivity contribution in [3.05, 3.63) is 42.5 Å². The Hall–Kier alpha value is -0.390. The Balaban J connectivity index is -0.000000371. The maximum atomic E-state index is 9.00. The van der Waals surface area contributed by atoms with Crippen molar-refractivity contribution in [2.24, 2.45) is 0 Å². The highest BCUT2D eigenvalue weighted by atomic mass is 127. The van der Waals surface area contributed by atoms with Crippen molar-refractivity contribution < 1.29 is 17.3 Å². The first kappa shape index (κ1) is 21.3. The van der Waals surface area contributed by atoms with Gasteiger partial charge in [0.15, 0.2) is 11.3 Å². The lowest BCUT2D eigenvalue weighted by atomic mass is 10.4. The smallest absolute Gasteiger partial charge is 0.300 e. The van der Waals surface area contributed by atoms with Crippen molar-refractivity contribution in [1.29, 1.82) is 0 Å². The molecule has 0 aliphatic rings. The molecule has 3 N–H and O–H groups in total. The van der Waals surface area contributed by atoms with Crippen molar-refractivity contribution in [1.82, 2.24) is 30.4 Å². The van der Waals surface area contributed by atoms with E-state index in [1.54, 1.807) is 12.4 Å². The number of carboxylic acids is 1. The van der Waals surface area contributed by atoms with Crippen LogP contribution in [0.25, 0.3) is 22.1 Å². The third kappa shape index (κ3) is 8.25. The fourth-order valence-electron chi connectivity index (χ4n) is 1.66. The second-order valence-electron chi connectivity index (χ2n) is 4.49. The Kier molecular flexibility index (Phi) is 10.2. The van der Waals surface area contributed by atoms with Gasteiger partial charge in [-0.1, -0.05) is 0 Å². The molecule has 0 aromatic carbocycles. The lowest BCUT2D eigenvalue weighted by Gasteiger charge is -1.88. The Labute approximate surface area is 212 Å². The lowest BCUT2D eigenvalue weighted by Crippen LogP contribution is -1.78. The van der Waals surface area contributed by atoms with Gasteiger partial charge < -0.3 is 5.11 Å². The van der Waals surface area contributed by atoms with Crippen molar-refractivity contribution in [3.8, 4) is 0 Å². The number of nitrogens with zero attached hydrogens (tertiary/aromatic N) is 4. The van der Waals surface area contributed by atoms with Gasteiger partial charge in [-0.25, -0.2) is 9.97 Å². The minimum atomic E-state index is -0.833. The molecular formula is C14H17Br3I2N6O2. The number of nitrogens with one attached hydrogen (secondary N) is 2. The zero-order valence-electron chi connectivity index (χ0n) is 17.4. The standard InChI is InChI=1S/C6H3BrIN3.C6H4IN3.C2H4O2.Br2.3H2/c7-3-1-4-5(8)10-11-6(4)9-2-3;7-5-4-2-1-3-8-6(4)10-9-5;1-2(3)4;1-2;;;/h1-2H,(H,9,10,11);1-3H,(H,8,9,10);1H3,(H,3,4);;3*1H/i;;;;2*1+1D;1+1. The lowest BCUT2D eigenvalue weighted by molar-refractivity contribution is -0.134. The molecule has 0 saturated carbocycles. The molecular weight excluding hydrogens is 778 g/mol. The summed E-state index contributed by atoms with van der Waals surface area (Å²) >= 11 is 13.2. The van der Waals surface area contributed by atoms with E-state index in [1.165, 1.54) is 0 Å². The van der Waals surface area contributed by atoms with E-state index in [4.69, 9.17) is 15.8 Å². The minimum Gasteiger partial charge on any atom is -0.481 e. The first-order valence-electron chi connectivity index (χ1n) is 8.82. The van der Waals surface area contributed by atoms with Crippen LogP contribution < -0.4 is 0 Å². The van der Waals surface area contributed by atoms with Gasteiger partial charge in [0, 0.05) is 59.4 Å². The molecule has 8 nitrogen and oxygen atoms in total. The number of fused-ring (bicyclic) bond motifs is 2. The summed E-state index contributed by atoms with van der Waals surface area (Å²) in [5.41, 5.74) is 1.55. The molecule has 4 aromatic heterocycles. The number of halogens is 5. The van der Waals surface area contributed by atoms with Gasteiger partial charge in [-0.2, -0.15) is 10.2 Å². The zero-order chi connectivity index (χ0) is 24.4. The van der Waals surface area contributed by atoms with E-state index in [0.29, 0.717) is 0 Å². The highest BCUT2D eigenvalue weighted by molar-refractivity contribution is 14.1. The van der Waals surface area contributed by atoms with E-state index >= 15 is 0 Å². The first-order chi connectivity index (χ1) is 14.9. The number of hydrogen-bond donors (Lipinski definition) is 3. The predicted octanol–water partition coefficient (Wildman–Crippen LogP) is 6.41. The highest BCUT2D eigenvalue weighted by Gasteiger charge is 2.02. The second kappa shape index (κ2) is 12.9. The van der Waals surface area contributed by atoms with E-state index in [9.17, 15) is 0 Å². The molecule has 0 fully saturated rings. The monoisotopic (exact) mass is 797 g/mol. The average molecular weight is 800 g/mol. The van der Waals surface area contributed by atoms with E-state index in [-0.39, 0.29) is 1.43 Å². The summed E-state index contributed by atoms with van der Waals surface area (Å²) < 4.78 is 23.0. The molecule has 0 unspecified atom stereocenters. The summed E-state index contributed by atoms with van der Waals surface area (Å²) in [7, 11) is 0. The summed E-state index contributed by atoms with van der Waals surface area (Å²) in [4.78, 5) is 17.2. The van der Waals surface area contributed by atoms with Crippen LogP contribution in [0.1, 0.15) is 14.3 Å². The summed E-state index contributed by atoms with van der Waals surface area (Å²) in [5.74, 6) is -0.833. The predicted molar refractivity (Wildman–Crippen MR) is 138 cm³/mol. The van der Waals surface area contributed by atoms with Gasteiger partial charge in [-0.05, 0) is 79.3 Å². The molecule has 4 rings (SSSR count). The highest BCUT2D eigenvalue weighted by Crippen LogP contribution is 2.19. The second-order valence-corrected chi connectivity index (χ2v) is 7.57. The number of H-pyrrole nitrogens is 2. The summed E-state index contributed by atoms with van der Waals surface area (Å²) in [6, 6.07) is 5.89. The fourth-order valence-corrected chi connectivity index (χ4v) is 3.06. The molecule has 0 aliphatic carbocycles. The van der Waals surface area contributed by atoms with Gasteiger partial charge >= 0.3 is 0 Å². The van der Waals surface area contributed by atoms with Crippen LogP contribution in [0, 0.1) is 7.40 Å². The molecule has 0 amide bonds. The Morgan fingerprint density at radius 3 is 2.22 bits per heavy atom. The molecule has 13 heteroatoms. The number of aromatic amines is 2. The third-order valence-electron chi connectivity index (χ3n) is 2.61. The average Bonchev–Trinajstić information content (AvgIpc) is 3.35. The number of hydrogen-bond acceptors (Lipinski definition) is 5. The molecule has 0 radical (unpaired) electrons. The van der Waals surface area contributed by atoms with Crippen LogP contribution in [-0.2, 0) is 4.79 Å². The topological polar surface area (TPSA) is 120 Å². The van der Waals surface area contributed by atoms with Crippen molar-refractivity contribution in [2.45, 2.75) is 6.92 Å². The van der Waals surface area contributed by atoms with Crippen LogP contribution in [0.4, 0.5) is 0 Å². The quantitative estimate of drug-likeness (QED) is 0.177. The van der Waals surface area contributed by atoms with E-state index in [0.717, 1.165) is 40.9 Å². The number of carbonyl (C=O) groups is 1.